The fraction of sp³-hybridized carbons (Fsp3) is 0.238. The van der Waals surface area contributed by atoms with Gasteiger partial charge in [0.1, 0.15) is 6.61 Å². The van der Waals surface area contributed by atoms with E-state index in [9.17, 15) is 9.59 Å². The van der Waals surface area contributed by atoms with E-state index in [0.29, 0.717) is 37.9 Å². The van der Waals surface area contributed by atoms with Crippen molar-refractivity contribution in [3.8, 4) is 23.0 Å². The second-order valence-electron chi connectivity index (χ2n) is 6.07. The van der Waals surface area contributed by atoms with Crippen LogP contribution in [0.1, 0.15) is 5.56 Å². The first-order valence-corrected chi connectivity index (χ1v) is 10.5. The van der Waals surface area contributed by atoms with E-state index >= 15 is 0 Å². The Morgan fingerprint density at radius 3 is 2.37 bits per heavy atom. The predicted molar refractivity (Wildman–Crippen MR) is 118 cm³/mol. The molecule has 1 fully saturated rings. The van der Waals surface area contributed by atoms with E-state index < -0.39 is 0 Å². The number of nitrogens with zero attached hydrogens (tertiary/aromatic N) is 1. The molecule has 9 heteroatoms. The summed E-state index contributed by atoms with van der Waals surface area (Å²) in [5, 5.41) is -0.339. The fourth-order valence-corrected chi connectivity index (χ4v) is 4.34. The number of methoxy groups -OCH3 is 3. The predicted octanol–water partition coefficient (Wildman–Crippen LogP) is 4.59. The smallest absolute Gasteiger partial charge is 0.293 e. The number of rotatable bonds is 8. The standard InChI is InChI=1S/C21H20BrNO6S/c1-26-15-6-4-5-7-16(15)29-9-8-23-20(24)18(30-21(23)25)12-13-10-14(22)19(28-3)17(11-13)27-2/h4-7,10-12H,8-9H2,1-3H3/b18-12-. The molecule has 1 saturated heterocycles. The fourth-order valence-electron chi connectivity index (χ4n) is 2.85. The molecule has 2 aromatic rings. The third kappa shape index (κ3) is 4.73. The molecule has 1 heterocycles. The Kier molecular flexibility index (Phi) is 7.28. The zero-order chi connectivity index (χ0) is 21.7. The van der Waals surface area contributed by atoms with Crippen molar-refractivity contribution in [2.75, 3.05) is 34.5 Å². The summed E-state index contributed by atoms with van der Waals surface area (Å²) in [6.07, 6.45) is 1.65. The molecule has 1 aliphatic heterocycles. The number of benzene rings is 2. The minimum Gasteiger partial charge on any atom is -0.493 e. The van der Waals surface area contributed by atoms with Crippen LogP contribution in [0.2, 0.25) is 0 Å². The first kappa shape index (κ1) is 22.0. The molecule has 2 aromatic carbocycles. The quantitative estimate of drug-likeness (QED) is 0.497. The molecule has 30 heavy (non-hydrogen) atoms. The van der Waals surface area contributed by atoms with Crippen LogP contribution in [-0.2, 0) is 4.79 Å². The van der Waals surface area contributed by atoms with E-state index in [-0.39, 0.29) is 24.3 Å². The van der Waals surface area contributed by atoms with Crippen molar-refractivity contribution in [3.05, 3.63) is 51.3 Å². The molecule has 0 N–H and O–H groups in total. The first-order chi connectivity index (χ1) is 14.5. The lowest BCUT2D eigenvalue weighted by atomic mass is 10.2. The minimum atomic E-state index is -0.362. The number of ether oxygens (including phenoxy) is 4. The highest BCUT2D eigenvalue weighted by atomic mass is 79.9. The molecule has 0 aromatic heterocycles. The highest BCUT2D eigenvalue weighted by Crippen LogP contribution is 2.38. The number of hydrogen-bond donors (Lipinski definition) is 0. The number of imide groups is 1. The summed E-state index contributed by atoms with van der Waals surface area (Å²) >= 11 is 4.32. The van der Waals surface area contributed by atoms with Crippen LogP contribution >= 0.6 is 27.7 Å². The molecule has 3 rings (SSSR count). The molecule has 0 aliphatic carbocycles. The highest BCUT2D eigenvalue weighted by molar-refractivity contribution is 9.10. The van der Waals surface area contributed by atoms with Gasteiger partial charge in [-0.1, -0.05) is 12.1 Å². The Morgan fingerprint density at radius 2 is 1.70 bits per heavy atom. The molecular weight excluding hydrogens is 474 g/mol. The molecule has 0 spiro atoms. The van der Waals surface area contributed by atoms with Crippen LogP contribution in [0.5, 0.6) is 23.0 Å². The summed E-state index contributed by atoms with van der Waals surface area (Å²) in [6.45, 7) is 0.295. The highest BCUT2D eigenvalue weighted by Gasteiger charge is 2.35. The maximum Gasteiger partial charge on any atom is 0.293 e. The maximum atomic E-state index is 12.7. The van der Waals surface area contributed by atoms with E-state index in [2.05, 4.69) is 15.9 Å². The molecule has 2 amide bonds. The molecule has 0 saturated carbocycles. The van der Waals surface area contributed by atoms with E-state index in [4.69, 9.17) is 18.9 Å². The largest absolute Gasteiger partial charge is 0.493 e. The molecule has 158 valence electrons. The van der Waals surface area contributed by atoms with Gasteiger partial charge < -0.3 is 18.9 Å². The number of para-hydroxylation sites is 2. The van der Waals surface area contributed by atoms with Gasteiger partial charge in [0.25, 0.3) is 11.1 Å². The number of thioether (sulfide) groups is 1. The van der Waals surface area contributed by atoms with Gasteiger partial charge in [-0.25, -0.2) is 0 Å². The molecule has 0 atom stereocenters. The second kappa shape index (κ2) is 9.90. The zero-order valence-electron chi connectivity index (χ0n) is 16.6. The SMILES string of the molecule is COc1ccccc1OCCN1C(=O)S/C(=C\c2cc(Br)c(OC)c(OC)c2)C1=O. The molecule has 1 aliphatic rings. The lowest BCUT2D eigenvalue weighted by Crippen LogP contribution is -2.32. The van der Waals surface area contributed by atoms with Crippen molar-refractivity contribution in [2.24, 2.45) is 0 Å². The van der Waals surface area contributed by atoms with Gasteiger partial charge in [0.15, 0.2) is 23.0 Å². The van der Waals surface area contributed by atoms with E-state index in [1.165, 1.54) is 12.0 Å². The first-order valence-electron chi connectivity index (χ1n) is 8.91. The van der Waals surface area contributed by atoms with Gasteiger partial charge in [0, 0.05) is 0 Å². The van der Waals surface area contributed by atoms with Crippen molar-refractivity contribution in [3.63, 3.8) is 0 Å². The summed E-state index contributed by atoms with van der Waals surface area (Å²) in [4.78, 5) is 26.5. The third-order valence-corrected chi connectivity index (χ3v) is 5.77. The number of amides is 2. The Hall–Kier alpha value is -2.65. The van der Waals surface area contributed by atoms with Crippen LogP contribution in [0.25, 0.3) is 6.08 Å². The van der Waals surface area contributed by atoms with Crippen LogP contribution in [0.3, 0.4) is 0 Å². The molecule has 7 nitrogen and oxygen atoms in total. The number of halogens is 1. The summed E-state index contributed by atoms with van der Waals surface area (Å²) in [5.74, 6) is 1.85. The molecule has 0 bridgehead atoms. The average molecular weight is 494 g/mol. The third-order valence-electron chi connectivity index (χ3n) is 4.27. The van der Waals surface area contributed by atoms with Crippen LogP contribution in [0, 0.1) is 0 Å². The molecule has 0 radical (unpaired) electrons. The van der Waals surface area contributed by atoms with E-state index in [0.717, 1.165) is 11.8 Å². The van der Waals surface area contributed by atoms with Gasteiger partial charge >= 0.3 is 0 Å². The second-order valence-corrected chi connectivity index (χ2v) is 7.92. The molecule has 0 unspecified atom stereocenters. The Bertz CT molecular complexity index is 993. The maximum absolute atomic E-state index is 12.7. The summed E-state index contributed by atoms with van der Waals surface area (Å²) in [5.41, 5.74) is 0.704. The van der Waals surface area contributed by atoms with Crippen LogP contribution < -0.4 is 18.9 Å². The van der Waals surface area contributed by atoms with Crippen molar-refractivity contribution >= 4 is 44.9 Å². The van der Waals surface area contributed by atoms with Gasteiger partial charge in [-0.05, 0) is 63.6 Å². The molecular formula is C21H20BrNO6S. The van der Waals surface area contributed by atoms with Crippen molar-refractivity contribution in [2.45, 2.75) is 0 Å². The van der Waals surface area contributed by atoms with Crippen molar-refractivity contribution < 1.29 is 28.5 Å². The van der Waals surface area contributed by atoms with Gasteiger partial charge in [0.05, 0.1) is 37.3 Å². The van der Waals surface area contributed by atoms with Crippen LogP contribution in [-0.4, -0.2) is 50.5 Å². The van der Waals surface area contributed by atoms with E-state index in [1.807, 2.05) is 12.1 Å². The Balaban J connectivity index is 1.71. The lowest BCUT2D eigenvalue weighted by molar-refractivity contribution is -0.123. The Morgan fingerprint density at radius 1 is 1.00 bits per heavy atom. The van der Waals surface area contributed by atoms with Gasteiger partial charge in [0.2, 0.25) is 0 Å². The zero-order valence-corrected chi connectivity index (χ0v) is 19.0. The van der Waals surface area contributed by atoms with Crippen molar-refractivity contribution in [1.82, 2.24) is 4.90 Å². The summed E-state index contributed by atoms with van der Waals surface area (Å²) < 4.78 is 22.2. The average Bonchev–Trinajstić information content (AvgIpc) is 3.00. The van der Waals surface area contributed by atoms with Crippen LogP contribution in [0.15, 0.2) is 45.8 Å². The monoisotopic (exact) mass is 493 g/mol. The number of carbonyl (C=O) groups excluding carboxylic acids is 2. The van der Waals surface area contributed by atoms with Gasteiger partial charge in [-0.2, -0.15) is 0 Å². The number of carbonyl (C=O) groups is 2. The Labute approximate surface area is 187 Å². The van der Waals surface area contributed by atoms with Crippen LogP contribution in [0.4, 0.5) is 4.79 Å². The summed E-state index contributed by atoms with van der Waals surface area (Å²) in [7, 11) is 4.63. The van der Waals surface area contributed by atoms with Crippen molar-refractivity contribution in [1.29, 1.82) is 0 Å². The number of hydrogen-bond acceptors (Lipinski definition) is 7. The minimum absolute atomic E-state index is 0.135. The summed E-state index contributed by atoms with van der Waals surface area (Å²) in [6, 6.07) is 10.7. The van der Waals surface area contributed by atoms with Gasteiger partial charge in [-0.15, -0.1) is 0 Å². The lowest BCUT2D eigenvalue weighted by Gasteiger charge is -2.14. The van der Waals surface area contributed by atoms with E-state index in [1.54, 1.807) is 44.6 Å². The topological polar surface area (TPSA) is 74.3 Å². The van der Waals surface area contributed by atoms with Gasteiger partial charge in [-0.3, -0.25) is 14.5 Å². The normalized spacial score (nSPS) is 14.9.